The monoisotopic (exact) mass is 445 g/mol. The van der Waals surface area contributed by atoms with E-state index in [0.29, 0.717) is 11.1 Å². The molecule has 0 saturated heterocycles. The van der Waals surface area contributed by atoms with Crippen LogP contribution in [0.5, 0.6) is 11.5 Å². The maximum Gasteiger partial charge on any atom is 0.243 e. The topological polar surface area (TPSA) is 104 Å². The lowest BCUT2D eigenvalue weighted by molar-refractivity contribution is -0.134. The second-order valence-corrected chi connectivity index (χ2v) is 7.08. The first kappa shape index (κ1) is 23.1. The van der Waals surface area contributed by atoms with E-state index in [1.807, 2.05) is 0 Å². The lowest BCUT2D eigenvalue weighted by Crippen LogP contribution is -2.34. The van der Waals surface area contributed by atoms with Gasteiger partial charge < -0.3 is 15.5 Å². The van der Waals surface area contributed by atoms with Gasteiger partial charge in [-0.2, -0.15) is 0 Å². The van der Waals surface area contributed by atoms with Gasteiger partial charge in [-0.15, -0.1) is 0 Å². The van der Waals surface area contributed by atoms with Crippen molar-refractivity contribution in [3.63, 3.8) is 0 Å². The summed E-state index contributed by atoms with van der Waals surface area (Å²) in [5.74, 6) is -4.40. The molecule has 0 aliphatic heterocycles. The van der Waals surface area contributed by atoms with Gasteiger partial charge in [-0.05, 0) is 71.8 Å². The van der Waals surface area contributed by atoms with Crippen LogP contribution in [0.2, 0.25) is 0 Å². The highest BCUT2D eigenvalue weighted by Gasteiger charge is 2.31. The van der Waals surface area contributed by atoms with Crippen LogP contribution in [0.25, 0.3) is 12.2 Å². The van der Waals surface area contributed by atoms with Gasteiger partial charge in [0.1, 0.15) is 17.3 Å². The van der Waals surface area contributed by atoms with Crippen molar-refractivity contribution in [2.75, 3.05) is 5.32 Å². The van der Waals surface area contributed by atoms with Crippen molar-refractivity contribution in [2.45, 2.75) is 0 Å². The summed E-state index contributed by atoms with van der Waals surface area (Å²) in [5.41, 5.74) is 1.41. The third-order valence-corrected chi connectivity index (χ3v) is 4.61. The van der Waals surface area contributed by atoms with Gasteiger partial charge in [-0.3, -0.25) is 14.4 Å². The van der Waals surface area contributed by atoms with Crippen LogP contribution < -0.4 is 5.32 Å². The van der Waals surface area contributed by atoms with E-state index < -0.39 is 29.2 Å². The molecule has 0 aromatic heterocycles. The standard InChI is InChI=1S/C26H20FNO5/c27-19-7-9-20(10-8-19)28-26(33)25(23(31)15-5-17-1-11-21(29)12-2-17)24(32)16-6-18-3-13-22(30)14-4-18/h1-16,25,29-30H,(H,28,33)/b15-5+,16-6+. The first-order valence-corrected chi connectivity index (χ1v) is 9.90. The minimum absolute atomic E-state index is 0.0598. The average Bonchev–Trinajstić information content (AvgIpc) is 2.80. The molecule has 3 aromatic rings. The van der Waals surface area contributed by atoms with Gasteiger partial charge in [0.05, 0.1) is 0 Å². The van der Waals surface area contributed by atoms with Crippen LogP contribution in [0, 0.1) is 11.7 Å². The smallest absolute Gasteiger partial charge is 0.243 e. The van der Waals surface area contributed by atoms with Crippen molar-refractivity contribution in [2.24, 2.45) is 5.92 Å². The summed E-state index contributed by atoms with van der Waals surface area (Å²) in [6, 6.07) is 17.0. The number of hydrogen-bond acceptors (Lipinski definition) is 5. The predicted octanol–water partition coefficient (Wildman–Crippen LogP) is 4.36. The average molecular weight is 445 g/mol. The van der Waals surface area contributed by atoms with Crippen molar-refractivity contribution >= 4 is 35.3 Å². The highest BCUT2D eigenvalue weighted by atomic mass is 19.1. The number of aromatic hydroxyl groups is 2. The molecule has 0 radical (unpaired) electrons. The van der Waals surface area contributed by atoms with Crippen LogP contribution >= 0.6 is 0 Å². The van der Waals surface area contributed by atoms with Crippen LogP contribution in [0.1, 0.15) is 11.1 Å². The Morgan fingerprint density at radius 1 is 0.697 bits per heavy atom. The number of allylic oxidation sites excluding steroid dienone is 2. The highest BCUT2D eigenvalue weighted by molar-refractivity contribution is 6.28. The predicted molar refractivity (Wildman–Crippen MR) is 123 cm³/mol. The van der Waals surface area contributed by atoms with Crippen LogP contribution in [0.15, 0.2) is 84.9 Å². The molecule has 33 heavy (non-hydrogen) atoms. The molecule has 3 N–H and O–H groups in total. The third-order valence-electron chi connectivity index (χ3n) is 4.61. The number of benzene rings is 3. The van der Waals surface area contributed by atoms with Crippen LogP contribution in [-0.2, 0) is 14.4 Å². The maximum absolute atomic E-state index is 13.1. The van der Waals surface area contributed by atoms with Gasteiger partial charge in [-0.1, -0.05) is 36.4 Å². The summed E-state index contributed by atoms with van der Waals surface area (Å²) in [7, 11) is 0. The molecule has 7 heteroatoms. The second-order valence-electron chi connectivity index (χ2n) is 7.08. The molecule has 0 fully saturated rings. The minimum Gasteiger partial charge on any atom is -0.508 e. The van der Waals surface area contributed by atoms with E-state index >= 15 is 0 Å². The number of halogens is 1. The highest BCUT2D eigenvalue weighted by Crippen LogP contribution is 2.16. The fourth-order valence-electron chi connectivity index (χ4n) is 2.87. The molecule has 0 aliphatic rings. The Hall–Kier alpha value is -4.52. The molecule has 3 aromatic carbocycles. The van der Waals surface area contributed by atoms with Gasteiger partial charge in [0, 0.05) is 5.69 Å². The van der Waals surface area contributed by atoms with E-state index in [4.69, 9.17) is 0 Å². The molecule has 0 saturated carbocycles. The number of rotatable bonds is 8. The molecule has 166 valence electrons. The third kappa shape index (κ3) is 6.73. The minimum atomic E-state index is -1.67. The van der Waals surface area contributed by atoms with Gasteiger partial charge in [-0.25, -0.2) is 4.39 Å². The number of anilines is 1. The fourth-order valence-corrected chi connectivity index (χ4v) is 2.87. The lowest BCUT2D eigenvalue weighted by Gasteiger charge is -2.12. The molecule has 1 amide bonds. The van der Waals surface area contributed by atoms with Crippen molar-refractivity contribution < 1.29 is 29.0 Å². The summed E-state index contributed by atoms with van der Waals surface area (Å²) in [5, 5.41) is 21.2. The van der Waals surface area contributed by atoms with Crippen molar-refractivity contribution in [1.29, 1.82) is 0 Å². The summed E-state index contributed by atoms with van der Waals surface area (Å²) >= 11 is 0. The van der Waals surface area contributed by atoms with Gasteiger partial charge in [0.25, 0.3) is 0 Å². The van der Waals surface area contributed by atoms with Gasteiger partial charge in [0.2, 0.25) is 5.91 Å². The number of nitrogens with one attached hydrogen (secondary N) is 1. The maximum atomic E-state index is 13.1. The van der Waals surface area contributed by atoms with Gasteiger partial charge in [0.15, 0.2) is 17.5 Å². The van der Waals surface area contributed by atoms with Crippen molar-refractivity contribution in [3.8, 4) is 11.5 Å². The molecule has 0 heterocycles. The Bertz CT molecular complexity index is 1130. The molecule has 0 spiro atoms. The number of phenolic OH excluding ortho intramolecular Hbond substituents is 2. The Labute approximate surface area is 189 Å². The summed E-state index contributed by atoms with van der Waals surface area (Å²) in [6.07, 6.45) is 5.09. The van der Waals surface area contributed by atoms with Crippen LogP contribution in [0.4, 0.5) is 10.1 Å². The lowest BCUT2D eigenvalue weighted by atomic mass is 9.95. The van der Waals surface area contributed by atoms with E-state index in [9.17, 15) is 29.0 Å². The zero-order valence-corrected chi connectivity index (χ0v) is 17.3. The molecular formula is C26H20FNO5. The molecule has 0 aliphatic carbocycles. The number of hydrogen-bond donors (Lipinski definition) is 3. The van der Waals surface area contributed by atoms with Gasteiger partial charge >= 0.3 is 0 Å². The van der Waals surface area contributed by atoms with E-state index in [0.717, 1.165) is 24.3 Å². The Morgan fingerprint density at radius 3 is 1.55 bits per heavy atom. The number of phenols is 2. The number of amides is 1. The quantitative estimate of drug-likeness (QED) is 0.353. The van der Waals surface area contributed by atoms with E-state index in [1.165, 1.54) is 48.6 Å². The largest absolute Gasteiger partial charge is 0.508 e. The molecule has 6 nitrogen and oxygen atoms in total. The zero-order valence-electron chi connectivity index (χ0n) is 17.3. The molecular weight excluding hydrogens is 425 g/mol. The molecule has 3 rings (SSSR count). The number of carbonyl (C=O) groups is 3. The molecule has 0 unspecified atom stereocenters. The summed E-state index contributed by atoms with van der Waals surface area (Å²) < 4.78 is 13.1. The van der Waals surface area contributed by atoms with E-state index in [2.05, 4.69) is 5.32 Å². The normalized spacial score (nSPS) is 11.2. The summed E-state index contributed by atoms with van der Waals surface area (Å²) in [6.45, 7) is 0. The van der Waals surface area contributed by atoms with Crippen molar-refractivity contribution in [3.05, 3.63) is 102 Å². The van der Waals surface area contributed by atoms with Crippen molar-refractivity contribution in [1.82, 2.24) is 0 Å². The Morgan fingerprint density at radius 2 is 1.12 bits per heavy atom. The fraction of sp³-hybridized carbons (Fsp3) is 0.0385. The van der Waals surface area contributed by atoms with Crippen LogP contribution in [0.3, 0.4) is 0 Å². The van der Waals surface area contributed by atoms with E-state index in [-0.39, 0.29) is 17.2 Å². The number of ketones is 2. The second kappa shape index (κ2) is 10.7. The number of carbonyl (C=O) groups excluding carboxylic acids is 3. The first-order chi connectivity index (χ1) is 15.8. The van der Waals surface area contributed by atoms with Crippen LogP contribution in [-0.4, -0.2) is 27.7 Å². The SMILES string of the molecule is O=C(/C=C/c1ccc(O)cc1)C(C(=O)/C=C/c1ccc(O)cc1)C(=O)Nc1ccc(F)cc1. The summed E-state index contributed by atoms with van der Waals surface area (Å²) in [4.78, 5) is 38.5. The van der Waals surface area contributed by atoms with E-state index in [1.54, 1.807) is 24.3 Å². The zero-order chi connectivity index (χ0) is 23.8. The molecule has 0 atom stereocenters. The Balaban J connectivity index is 1.83. The first-order valence-electron chi connectivity index (χ1n) is 9.90. The molecule has 0 bridgehead atoms. The Kier molecular flexibility index (Phi) is 7.49.